The van der Waals surface area contributed by atoms with Crippen molar-refractivity contribution < 1.29 is 8.42 Å². The van der Waals surface area contributed by atoms with Gasteiger partial charge in [-0.05, 0) is 18.6 Å². The standard InChI is InChI=1S/C14H20N4O2S/c1-2-8-18-21(19,20)13-6-4-3-5-12(13)15-9-7-14-16-10-11-17-14/h3-6,10-11,15,18H,2,7-9H2,1H3,(H,16,17). The molecule has 21 heavy (non-hydrogen) atoms. The molecule has 3 N–H and O–H groups in total. The average molecular weight is 308 g/mol. The van der Waals surface area contributed by atoms with Crippen molar-refractivity contribution in [2.24, 2.45) is 0 Å². The second-order valence-corrected chi connectivity index (χ2v) is 6.34. The molecule has 2 aromatic rings. The van der Waals surface area contributed by atoms with E-state index in [9.17, 15) is 8.42 Å². The number of benzene rings is 1. The van der Waals surface area contributed by atoms with E-state index < -0.39 is 10.0 Å². The van der Waals surface area contributed by atoms with Gasteiger partial charge in [0.2, 0.25) is 10.0 Å². The zero-order valence-corrected chi connectivity index (χ0v) is 12.8. The number of rotatable bonds is 8. The summed E-state index contributed by atoms with van der Waals surface area (Å²) in [5, 5.41) is 3.15. The summed E-state index contributed by atoms with van der Waals surface area (Å²) >= 11 is 0. The van der Waals surface area contributed by atoms with Crippen LogP contribution >= 0.6 is 0 Å². The molecule has 1 heterocycles. The van der Waals surface area contributed by atoms with Crippen molar-refractivity contribution in [2.75, 3.05) is 18.4 Å². The summed E-state index contributed by atoms with van der Waals surface area (Å²) in [6.45, 7) is 2.97. The van der Waals surface area contributed by atoms with Gasteiger partial charge in [-0.15, -0.1) is 0 Å². The second-order valence-electron chi connectivity index (χ2n) is 4.61. The fourth-order valence-corrected chi connectivity index (χ4v) is 3.23. The van der Waals surface area contributed by atoms with E-state index in [1.54, 1.807) is 30.6 Å². The van der Waals surface area contributed by atoms with E-state index in [0.717, 1.165) is 12.2 Å². The van der Waals surface area contributed by atoms with Crippen molar-refractivity contribution in [1.29, 1.82) is 0 Å². The summed E-state index contributed by atoms with van der Waals surface area (Å²) in [7, 11) is -3.47. The fourth-order valence-electron chi connectivity index (χ4n) is 1.91. The molecule has 2 rings (SSSR count). The number of aromatic nitrogens is 2. The predicted molar refractivity (Wildman–Crippen MR) is 82.7 cm³/mol. The number of H-pyrrole nitrogens is 1. The zero-order valence-electron chi connectivity index (χ0n) is 12.0. The first-order valence-corrected chi connectivity index (χ1v) is 8.42. The maximum absolute atomic E-state index is 12.2. The first-order chi connectivity index (χ1) is 10.1. The van der Waals surface area contributed by atoms with Gasteiger partial charge in [0.15, 0.2) is 0 Å². The largest absolute Gasteiger partial charge is 0.383 e. The summed E-state index contributed by atoms with van der Waals surface area (Å²) in [5.41, 5.74) is 0.604. The second kappa shape index (κ2) is 7.24. The minimum atomic E-state index is -3.47. The molecule has 0 aliphatic carbocycles. The van der Waals surface area contributed by atoms with E-state index in [0.29, 0.717) is 25.2 Å². The van der Waals surface area contributed by atoms with Crippen molar-refractivity contribution in [1.82, 2.24) is 14.7 Å². The van der Waals surface area contributed by atoms with Gasteiger partial charge in [-0.3, -0.25) is 0 Å². The number of hydrogen-bond donors (Lipinski definition) is 3. The molecule has 0 spiro atoms. The number of nitrogens with one attached hydrogen (secondary N) is 3. The molecule has 0 saturated carbocycles. The molecule has 0 saturated heterocycles. The Morgan fingerprint density at radius 1 is 1.24 bits per heavy atom. The van der Waals surface area contributed by atoms with Gasteiger partial charge in [0, 0.05) is 31.9 Å². The molecule has 0 aliphatic rings. The van der Waals surface area contributed by atoms with Crippen LogP contribution in [0.1, 0.15) is 19.2 Å². The van der Waals surface area contributed by atoms with Crippen molar-refractivity contribution >= 4 is 15.7 Å². The van der Waals surface area contributed by atoms with Gasteiger partial charge in [-0.1, -0.05) is 19.1 Å². The van der Waals surface area contributed by atoms with Crippen LogP contribution in [0.4, 0.5) is 5.69 Å². The van der Waals surface area contributed by atoms with E-state index in [1.807, 2.05) is 13.0 Å². The number of anilines is 1. The minimum absolute atomic E-state index is 0.276. The Hall–Kier alpha value is -1.86. The maximum Gasteiger partial charge on any atom is 0.242 e. The lowest BCUT2D eigenvalue weighted by Crippen LogP contribution is -2.25. The summed E-state index contributed by atoms with van der Waals surface area (Å²) in [4.78, 5) is 7.42. The quantitative estimate of drug-likeness (QED) is 0.693. The Kier molecular flexibility index (Phi) is 5.35. The predicted octanol–water partition coefficient (Wildman–Crippen LogP) is 1.75. The number of aromatic amines is 1. The van der Waals surface area contributed by atoms with E-state index >= 15 is 0 Å². The summed E-state index contributed by atoms with van der Waals surface area (Å²) in [5.74, 6) is 0.868. The number of sulfonamides is 1. The van der Waals surface area contributed by atoms with Gasteiger partial charge in [-0.2, -0.15) is 0 Å². The van der Waals surface area contributed by atoms with Crippen LogP contribution < -0.4 is 10.0 Å². The molecule has 0 bridgehead atoms. The van der Waals surface area contributed by atoms with Crippen LogP contribution in [-0.2, 0) is 16.4 Å². The van der Waals surface area contributed by atoms with Crippen LogP contribution in [0.25, 0.3) is 0 Å². The van der Waals surface area contributed by atoms with Crippen LogP contribution in [0.3, 0.4) is 0 Å². The number of para-hydroxylation sites is 1. The van der Waals surface area contributed by atoms with Crippen LogP contribution in [0, 0.1) is 0 Å². The highest BCUT2D eigenvalue weighted by atomic mass is 32.2. The normalized spacial score (nSPS) is 11.5. The van der Waals surface area contributed by atoms with Crippen molar-refractivity contribution in [2.45, 2.75) is 24.7 Å². The number of imidazole rings is 1. The molecule has 7 heteroatoms. The van der Waals surface area contributed by atoms with Crippen molar-refractivity contribution in [3.63, 3.8) is 0 Å². The molecule has 114 valence electrons. The summed E-state index contributed by atoms with van der Waals surface area (Å²) in [6, 6.07) is 6.90. The molecule has 0 amide bonds. The Morgan fingerprint density at radius 3 is 2.76 bits per heavy atom. The molecule has 6 nitrogen and oxygen atoms in total. The lowest BCUT2D eigenvalue weighted by Gasteiger charge is -2.12. The van der Waals surface area contributed by atoms with Gasteiger partial charge < -0.3 is 10.3 Å². The molecular weight excluding hydrogens is 288 g/mol. The third-order valence-electron chi connectivity index (χ3n) is 2.95. The van der Waals surface area contributed by atoms with Gasteiger partial charge in [-0.25, -0.2) is 18.1 Å². The summed E-state index contributed by atoms with van der Waals surface area (Å²) < 4.78 is 27.1. The molecule has 0 aliphatic heterocycles. The highest BCUT2D eigenvalue weighted by molar-refractivity contribution is 7.89. The third-order valence-corrected chi connectivity index (χ3v) is 4.47. The van der Waals surface area contributed by atoms with E-state index in [-0.39, 0.29) is 4.90 Å². The van der Waals surface area contributed by atoms with Crippen LogP contribution in [0.5, 0.6) is 0 Å². The maximum atomic E-state index is 12.2. The SMILES string of the molecule is CCCNS(=O)(=O)c1ccccc1NCCc1ncc[nH]1. The third kappa shape index (κ3) is 4.30. The monoisotopic (exact) mass is 308 g/mol. The van der Waals surface area contributed by atoms with Crippen LogP contribution in [0.15, 0.2) is 41.6 Å². The highest BCUT2D eigenvalue weighted by Gasteiger charge is 2.17. The molecule has 0 fully saturated rings. The van der Waals surface area contributed by atoms with E-state index in [1.165, 1.54) is 0 Å². The van der Waals surface area contributed by atoms with Crippen LogP contribution in [-0.4, -0.2) is 31.5 Å². The van der Waals surface area contributed by atoms with Gasteiger partial charge in [0.25, 0.3) is 0 Å². The Bertz CT molecular complexity index is 653. The number of nitrogens with zero attached hydrogens (tertiary/aromatic N) is 1. The van der Waals surface area contributed by atoms with Crippen molar-refractivity contribution in [3.8, 4) is 0 Å². The molecule has 1 aromatic carbocycles. The molecule has 1 aromatic heterocycles. The smallest absolute Gasteiger partial charge is 0.242 e. The molecule has 0 atom stereocenters. The topological polar surface area (TPSA) is 86.9 Å². The lowest BCUT2D eigenvalue weighted by atomic mass is 10.3. The zero-order chi connectivity index (χ0) is 15.1. The van der Waals surface area contributed by atoms with Gasteiger partial charge >= 0.3 is 0 Å². The Morgan fingerprint density at radius 2 is 2.05 bits per heavy atom. The Labute approximate surface area is 125 Å². The molecule has 0 radical (unpaired) electrons. The lowest BCUT2D eigenvalue weighted by molar-refractivity contribution is 0.581. The van der Waals surface area contributed by atoms with E-state index in [4.69, 9.17) is 0 Å². The van der Waals surface area contributed by atoms with E-state index in [2.05, 4.69) is 20.0 Å². The van der Waals surface area contributed by atoms with Crippen LogP contribution in [0.2, 0.25) is 0 Å². The molecular formula is C14H20N4O2S. The van der Waals surface area contributed by atoms with Crippen molar-refractivity contribution in [3.05, 3.63) is 42.5 Å². The van der Waals surface area contributed by atoms with Gasteiger partial charge in [0.1, 0.15) is 10.7 Å². The first kappa shape index (κ1) is 15.5. The summed E-state index contributed by atoms with van der Waals surface area (Å²) in [6.07, 6.45) is 4.92. The fraction of sp³-hybridized carbons (Fsp3) is 0.357. The first-order valence-electron chi connectivity index (χ1n) is 6.94. The minimum Gasteiger partial charge on any atom is -0.383 e. The number of hydrogen-bond acceptors (Lipinski definition) is 4. The Balaban J connectivity index is 2.06. The average Bonchev–Trinajstić information content (AvgIpc) is 2.99. The highest BCUT2D eigenvalue weighted by Crippen LogP contribution is 2.20. The van der Waals surface area contributed by atoms with Gasteiger partial charge in [0.05, 0.1) is 5.69 Å². The molecule has 0 unspecified atom stereocenters.